The van der Waals surface area contributed by atoms with E-state index in [2.05, 4.69) is 20.2 Å². The van der Waals surface area contributed by atoms with E-state index < -0.39 is 0 Å². The molecule has 0 N–H and O–H groups in total. The molecule has 0 aromatic carbocycles. The third-order valence-electron chi connectivity index (χ3n) is 2.62. The van der Waals surface area contributed by atoms with Crippen LogP contribution in [0, 0.1) is 6.92 Å². The van der Waals surface area contributed by atoms with Gasteiger partial charge in [-0.15, -0.1) is 11.3 Å². The maximum atomic E-state index is 11.1. The zero-order chi connectivity index (χ0) is 13.1. The lowest BCUT2D eigenvalue weighted by molar-refractivity contribution is 0.101. The van der Waals surface area contributed by atoms with Crippen LogP contribution in [0.1, 0.15) is 28.1 Å². The van der Waals surface area contributed by atoms with E-state index in [0.29, 0.717) is 5.69 Å². The Bertz CT molecular complexity index is 548. The lowest BCUT2D eigenvalue weighted by Gasteiger charge is -2.17. The standard InChI is InChI=1S/C13H15N3OS/c1-9(17)13-5-4-12(6-14-13)16(3)7-11-8-18-10(2)15-11/h4-6,8H,7H2,1-3H3. The molecule has 0 unspecified atom stereocenters. The molecule has 0 radical (unpaired) electrons. The van der Waals surface area contributed by atoms with Crippen LogP contribution >= 0.6 is 11.3 Å². The van der Waals surface area contributed by atoms with Gasteiger partial charge in [-0.25, -0.2) is 4.98 Å². The molecule has 0 amide bonds. The number of anilines is 1. The third kappa shape index (κ3) is 2.92. The van der Waals surface area contributed by atoms with E-state index in [0.717, 1.165) is 22.9 Å². The molecule has 0 saturated heterocycles. The van der Waals surface area contributed by atoms with Crippen LogP contribution in [0.5, 0.6) is 0 Å². The van der Waals surface area contributed by atoms with Crippen LogP contribution < -0.4 is 4.90 Å². The predicted octanol–water partition coefficient (Wildman–Crippen LogP) is 2.69. The summed E-state index contributed by atoms with van der Waals surface area (Å²) >= 11 is 1.65. The van der Waals surface area contributed by atoms with E-state index in [9.17, 15) is 4.79 Å². The molecule has 18 heavy (non-hydrogen) atoms. The smallest absolute Gasteiger partial charge is 0.178 e. The van der Waals surface area contributed by atoms with Crippen molar-refractivity contribution in [1.29, 1.82) is 0 Å². The van der Waals surface area contributed by atoms with Gasteiger partial charge in [-0.3, -0.25) is 9.78 Å². The zero-order valence-corrected chi connectivity index (χ0v) is 11.5. The Kier molecular flexibility index (Phi) is 3.72. The number of aromatic nitrogens is 2. The lowest BCUT2D eigenvalue weighted by atomic mass is 10.2. The number of aryl methyl sites for hydroxylation is 1. The van der Waals surface area contributed by atoms with Crippen LogP contribution in [0.4, 0.5) is 5.69 Å². The van der Waals surface area contributed by atoms with Gasteiger partial charge in [0, 0.05) is 19.4 Å². The van der Waals surface area contributed by atoms with Crippen molar-refractivity contribution in [3.63, 3.8) is 0 Å². The molecular weight excluding hydrogens is 246 g/mol. The van der Waals surface area contributed by atoms with Crippen molar-refractivity contribution in [2.24, 2.45) is 0 Å². The molecule has 0 spiro atoms. The van der Waals surface area contributed by atoms with Gasteiger partial charge in [0.15, 0.2) is 5.78 Å². The molecule has 2 aromatic rings. The molecule has 0 aliphatic carbocycles. The van der Waals surface area contributed by atoms with E-state index >= 15 is 0 Å². The first kappa shape index (κ1) is 12.7. The van der Waals surface area contributed by atoms with Crippen LogP contribution in [-0.4, -0.2) is 22.8 Å². The molecule has 0 aliphatic rings. The van der Waals surface area contributed by atoms with E-state index in [4.69, 9.17) is 0 Å². The first-order valence-corrected chi connectivity index (χ1v) is 6.53. The number of thiazole rings is 1. The monoisotopic (exact) mass is 261 g/mol. The van der Waals surface area contributed by atoms with Gasteiger partial charge in [0.25, 0.3) is 0 Å². The minimum atomic E-state index is -0.0145. The molecule has 4 nitrogen and oxygen atoms in total. The number of pyridine rings is 1. The highest BCUT2D eigenvalue weighted by atomic mass is 32.1. The van der Waals surface area contributed by atoms with Gasteiger partial charge in [0.05, 0.1) is 29.1 Å². The van der Waals surface area contributed by atoms with Gasteiger partial charge in [-0.05, 0) is 19.1 Å². The van der Waals surface area contributed by atoms with E-state index in [-0.39, 0.29) is 5.78 Å². The molecule has 2 aromatic heterocycles. The molecular formula is C13H15N3OS. The molecule has 2 heterocycles. The number of ketones is 1. The van der Waals surface area contributed by atoms with E-state index in [1.165, 1.54) is 6.92 Å². The Morgan fingerprint density at radius 3 is 2.72 bits per heavy atom. The number of carbonyl (C=O) groups is 1. The van der Waals surface area contributed by atoms with Gasteiger partial charge in [0.2, 0.25) is 0 Å². The first-order valence-electron chi connectivity index (χ1n) is 5.65. The van der Waals surface area contributed by atoms with Crippen molar-refractivity contribution in [2.75, 3.05) is 11.9 Å². The van der Waals surface area contributed by atoms with Gasteiger partial charge in [-0.2, -0.15) is 0 Å². The molecule has 94 valence electrons. The van der Waals surface area contributed by atoms with Gasteiger partial charge < -0.3 is 4.90 Å². The van der Waals surface area contributed by atoms with Crippen molar-refractivity contribution in [1.82, 2.24) is 9.97 Å². The summed E-state index contributed by atoms with van der Waals surface area (Å²) in [6, 6.07) is 3.66. The number of Topliss-reactive ketones (excluding diaryl/α,β-unsaturated/α-hetero) is 1. The summed E-state index contributed by atoms with van der Waals surface area (Å²) in [7, 11) is 1.99. The highest BCUT2D eigenvalue weighted by Crippen LogP contribution is 2.16. The molecule has 0 saturated carbocycles. The summed E-state index contributed by atoms with van der Waals surface area (Å²) in [5, 5.41) is 3.13. The molecule has 0 bridgehead atoms. The summed E-state index contributed by atoms with van der Waals surface area (Å²) in [5.74, 6) is -0.0145. The SMILES string of the molecule is CC(=O)c1ccc(N(C)Cc2csc(C)n2)cn1. The van der Waals surface area contributed by atoms with E-state index in [1.807, 2.05) is 20.0 Å². The van der Waals surface area contributed by atoms with Crippen LogP contribution in [0.3, 0.4) is 0 Å². The van der Waals surface area contributed by atoms with Crippen molar-refractivity contribution in [2.45, 2.75) is 20.4 Å². The van der Waals surface area contributed by atoms with Crippen molar-refractivity contribution >= 4 is 22.8 Å². The normalized spacial score (nSPS) is 10.4. The summed E-state index contributed by atoms with van der Waals surface area (Å²) in [6.07, 6.45) is 1.72. The second kappa shape index (κ2) is 5.27. The minimum absolute atomic E-state index is 0.0145. The maximum Gasteiger partial charge on any atom is 0.178 e. The third-order valence-corrected chi connectivity index (χ3v) is 3.44. The molecule has 5 heteroatoms. The Balaban J connectivity index is 2.09. The van der Waals surface area contributed by atoms with Crippen LogP contribution in [0.2, 0.25) is 0 Å². The molecule has 0 aliphatic heterocycles. The Labute approximate surface area is 110 Å². The Hall–Kier alpha value is -1.75. The summed E-state index contributed by atoms with van der Waals surface area (Å²) in [5.41, 5.74) is 2.53. The number of rotatable bonds is 4. The van der Waals surface area contributed by atoms with Crippen molar-refractivity contribution < 1.29 is 4.79 Å². The van der Waals surface area contributed by atoms with Gasteiger partial charge >= 0.3 is 0 Å². The zero-order valence-electron chi connectivity index (χ0n) is 10.7. The van der Waals surface area contributed by atoms with Crippen LogP contribution in [-0.2, 0) is 6.54 Å². The summed E-state index contributed by atoms with van der Waals surface area (Å²) < 4.78 is 0. The fourth-order valence-electron chi connectivity index (χ4n) is 1.64. The maximum absolute atomic E-state index is 11.1. The number of carbonyl (C=O) groups excluding carboxylic acids is 1. The fourth-order valence-corrected chi connectivity index (χ4v) is 2.24. The Morgan fingerprint density at radius 1 is 1.44 bits per heavy atom. The topological polar surface area (TPSA) is 46.1 Å². The number of hydrogen-bond donors (Lipinski definition) is 0. The largest absolute Gasteiger partial charge is 0.367 e. The number of hydrogen-bond acceptors (Lipinski definition) is 5. The first-order chi connectivity index (χ1) is 8.56. The minimum Gasteiger partial charge on any atom is -0.367 e. The van der Waals surface area contributed by atoms with Crippen LogP contribution in [0.15, 0.2) is 23.7 Å². The van der Waals surface area contributed by atoms with E-state index in [1.54, 1.807) is 23.6 Å². The quantitative estimate of drug-likeness (QED) is 0.794. The number of nitrogens with zero attached hydrogens (tertiary/aromatic N) is 3. The highest BCUT2D eigenvalue weighted by Gasteiger charge is 2.06. The second-order valence-corrected chi connectivity index (χ2v) is 5.23. The summed E-state index contributed by atoms with van der Waals surface area (Å²) in [4.78, 5) is 21.8. The molecule has 2 rings (SSSR count). The van der Waals surface area contributed by atoms with Crippen molar-refractivity contribution in [3.05, 3.63) is 40.1 Å². The summed E-state index contributed by atoms with van der Waals surface area (Å²) in [6.45, 7) is 4.26. The van der Waals surface area contributed by atoms with Gasteiger partial charge in [-0.1, -0.05) is 0 Å². The van der Waals surface area contributed by atoms with Gasteiger partial charge in [0.1, 0.15) is 5.69 Å². The lowest BCUT2D eigenvalue weighted by Crippen LogP contribution is -2.17. The Morgan fingerprint density at radius 2 is 2.22 bits per heavy atom. The highest BCUT2D eigenvalue weighted by molar-refractivity contribution is 7.09. The average Bonchev–Trinajstić information content (AvgIpc) is 2.75. The average molecular weight is 261 g/mol. The van der Waals surface area contributed by atoms with Crippen molar-refractivity contribution in [3.8, 4) is 0 Å². The fraction of sp³-hybridized carbons (Fsp3) is 0.308. The predicted molar refractivity (Wildman–Crippen MR) is 73.2 cm³/mol. The second-order valence-electron chi connectivity index (χ2n) is 4.17. The van der Waals surface area contributed by atoms with Crippen LogP contribution in [0.25, 0.3) is 0 Å². The molecule has 0 atom stereocenters. The molecule has 0 fully saturated rings.